The molecular weight excluding hydrogens is 240 g/mol. The van der Waals surface area contributed by atoms with Gasteiger partial charge in [-0.3, -0.25) is 14.5 Å². The van der Waals surface area contributed by atoms with Crippen molar-refractivity contribution in [1.82, 2.24) is 9.80 Å². The monoisotopic (exact) mass is 266 g/mol. The van der Waals surface area contributed by atoms with Gasteiger partial charge in [0, 0.05) is 12.5 Å². The van der Waals surface area contributed by atoms with Crippen LogP contribution in [0.25, 0.3) is 0 Å². The maximum absolute atomic E-state index is 12.7. The molecule has 19 heavy (non-hydrogen) atoms. The van der Waals surface area contributed by atoms with E-state index in [4.69, 9.17) is 0 Å². The van der Waals surface area contributed by atoms with Crippen molar-refractivity contribution < 1.29 is 9.59 Å². The normalized spacial score (nSPS) is 33.4. The highest BCUT2D eigenvalue weighted by atomic mass is 16.2. The Balaban J connectivity index is 2.16. The molecule has 0 unspecified atom stereocenters. The molecule has 0 radical (unpaired) electrons. The van der Waals surface area contributed by atoms with E-state index < -0.39 is 0 Å². The first-order chi connectivity index (χ1) is 8.72. The molecule has 1 saturated carbocycles. The van der Waals surface area contributed by atoms with Gasteiger partial charge in [-0.05, 0) is 45.3 Å². The third-order valence-corrected chi connectivity index (χ3v) is 5.49. The molecule has 4 heteroatoms. The van der Waals surface area contributed by atoms with Gasteiger partial charge in [0.2, 0.25) is 11.8 Å². The van der Waals surface area contributed by atoms with E-state index in [2.05, 4.69) is 18.7 Å². The summed E-state index contributed by atoms with van der Waals surface area (Å²) in [6.07, 6.45) is 2.56. The Hall–Kier alpha value is -0.900. The minimum absolute atomic E-state index is 0.0227. The summed E-state index contributed by atoms with van der Waals surface area (Å²) in [6.45, 7) is 7.68. The van der Waals surface area contributed by atoms with Crippen LogP contribution in [0.2, 0.25) is 0 Å². The summed E-state index contributed by atoms with van der Waals surface area (Å²) in [4.78, 5) is 28.8. The molecule has 1 saturated heterocycles. The molecule has 2 atom stereocenters. The predicted molar refractivity (Wildman–Crippen MR) is 74.5 cm³/mol. The first-order valence-corrected chi connectivity index (χ1v) is 7.22. The lowest BCUT2D eigenvalue weighted by Gasteiger charge is -2.47. The Morgan fingerprint density at radius 2 is 1.89 bits per heavy atom. The fourth-order valence-corrected chi connectivity index (χ4v) is 3.66. The Morgan fingerprint density at radius 1 is 1.26 bits per heavy atom. The minimum atomic E-state index is -0.357. The molecule has 4 nitrogen and oxygen atoms in total. The summed E-state index contributed by atoms with van der Waals surface area (Å²) in [5.41, 5.74) is -0.553. The highest BCUT2D eigenvalue weighted by molar-refractivity contribution is 6.03. The molecule has 2 aliphatic rings. The molecule has 2 fully saturated rings. The van der Waals surface area contributed by atoms with Gasteiger partial charge in [0.05, 0.1) is 5.41 Å². The van der Waals surface area contributed by atoms with E-state index in [9.17, 15) is 9.59 Å². The summed E-state index contributed by atoms with van der Waals surface area (Å²) in [6, 6.07) is 0. The van der Waals surface area contributed by atoms with Crippen molar-refractivity contribution in [3.8, 4) is 0 Å². The van der Waals surface area contributed by atoms with Crippen LogP contribution in [0.15, 0.2) is 0 Å². The highest BCUT2D eigenvalue weighted by Gasteiger charge is 2.64. The number of amides is 2. The van der Waals surface area contributed by atoms with Crippen molar-refractivity contribution >= 4 is 11.8 Å². The molecule has 0 aromatic rings. The zero-order chi connectivity index (χ0) is 14.4. The fourth-order valence-electron chi connectivity index (χ4n) is 3.66. The topological polar surface area (TPSA) is 40.6 Å². The number of nitrogens with zero attached hydrogens (tertiary/aromatic N) is 2. The van der Waals surface area contributed by atoms with Crippen molar-refractivity contribution in [3.05, 3.63) is 0 Å². The fraction of sp³-hybridized carbons (Fsp3) is 0.867. The Labute approximate surface area is 116 Å². The molecule has 2 bridgehead atoms. The first kappa shape index (κ1) is 14.5. The molecule has 1 aliphatic carbocycles. The zero-order valence-electron chi connectivity index (χ0n) is 12.8. The lowest BCUT2D eigenvalue weighted by atomic mass is 9.62. The zero-order valence-corrected chi connectivity index (χ0v) is 12.8. The largest absolute Gasteiger partial charge is 0.309 e. The molecule has 0 N–H and O–H groups in total. The van der Waals surface area contributed by atoms with Gasteiger partial charge in [0.15, 0.2) is 0 Å². The van der Waals surface area contributed by atoms with E-state index in [1.807, 2.05) is 21.0 Å². The van der Waals surface area contributed by atoms with Crippen molar-refractivity contribution in [3.63, 3.8) is 0 Å². The number of carbonyl (C=O) groups excluding carboxylic acids is 2. The average Bonchev–Trinajstić information content (AvgIpc) is 2.49. The first-order valence-electron chi connectivity index (χ1n) is 7.22. The van der Waals surface area contributed by atoms with Crippen LogP contribution in [0.1, 0.15) is 40.0 Å². The number of carbonyl (C=O) groups is 2. The SMILES string of the molecule is CN(C)CCCN1C(=O)[C@H]2CC[C@](C)(C1=O)C2(C)C. The third kappa shape index (κ3) is 2.00. The summed E-state index contributed by atoms with van der Waals surface area (Å²) in [7, 11) is 4.02. The number of piperidine rings is 1. The highest BCUT2D eigenvalue weighted by Crippen LogP contribution is 2.59. The van der Waals surface area contributed by atoms with Gasteiger partial charge in [-0.2, -0.15) is 0 Å². The maximum Gasteiger partial charge on any atom is 0.235 e. The number of hydrogen-bond acceptors (Lipinski definition) is 3. The second-order valence-electron chi connectivity index (χ2n) is 7.10. The Bertz CT molecular complexity index is 403. The molecule has 0 aromatic carbocycles. The van der Waals surface area contributed by atoms with E-state index in [1.165, 1.54) is 4.90 Å². The number of hydrogen-bond donors (Lipinski definition) is 0. The van der Waals surface area contributed by atoms with Gasteiger partial charge in [-0.15, -0.1) is 0 Å². The number of likely N-dealkylation sites (tertiary alicyclic amines) is 1. The third-order valence-electron chi connectivity index (χ3n) is 5.49. The van der Waals surface area contributed by atoms with Crippen molar-refractivity contribution in [2.45, 2.75) is 40.0 Å². The van der Waals surface area contributed by atoms with Crippen LogP contribution < -0.4 is 0 Å². The van der Waals surface area contributed by atoms with Gasteiger partial charge in [0.25, 0.3) is 0 Å². The van der Waals surface area contributed by atoms with Gasteiger partial charge in [0.1, 0.15) is 0 Å². The minimum Gasteiger partial charge on any atom is -0.309 e. The Kier molecular flexibility index (Phi) is 3.50. The van der Waals surface area contributed by atoms with Crippen molar-refractivity contribution in [2.75, 3.05) is 27.2 Å². The number of fused-ring (bicyclic) bond motifs is 2. The van der Waals surface area contributed by atoms with Crippen LogP contribution in [0.3, 0.4) is 0 Å². The second-order valence-corrected chi connectivity index (χ2v) is 7.10. The van der Waals surface area contributed by atoms with Crippen LogP contribution in [-0.4, -0.2) is 48.8 Å². The lowest BCUT2D eigenvalue weighted by molar-refractivity contribution is -0.167. The maximum atomic E-state index is 12.7. The molecular formula is C15H26N2O2. The molecule has 0 aromatic heterocycles. The van der Waals surface area contributed by atoms with Gasteiger partial charge in [-0.1, -0.05) is 20.8 Å². The van der Waals surface area contributed by atoms with Gasteiger partial charge >= 0.3 is 0 Å². The van der Waals surface area contributed by atoms with Crippen molar-refractivity contribution in [2.24, 2.45) is 16.7 Å². The summed E-state index contributed by atoms with van der Waals surface area (Å²) in [5.74, 6) is 0.133. The average molecular weight is 266 g/mol. The Morgan fingerprint density at radius 3 is 2.47 bits per heavy atom. The van der Waals surface area contributed by atoms with Crippen LogP contribution in [0.4, 0.5) is 0 Å². The van der Waals surface area contributed by atoms with Gasteiger partial charge < -0.3 is 4.90 Å². The molecule has 2 rings (SSSR count). The molecule has 108 valence electrons. The summed E-state index contributed by atoms with van der Waals surface area (Å²) >= 11 is 0. The predicted octanol–water partition coefficient (Wildman–Crippen LogP) is 1.75. The van der Waals surface area contributed by atoms with E-state index in [-0.39, 0.29) is 28.6 Å². The van der Waals surface area contributed by atoms with Crippen LogP contribution >= 0.6 is 0 Å². The smallest absolute Gasteiger partial charge is 0.235 e. The molecule has 1 heterocycles. The van der Waals surface area contributed by atoms with Crippen LogP contribution in [0, 0.1) is 16.7 Å². The standard InChI is InChI=1S/C15H26N2O2/c1-14(2)11-7-8-15(14,3)13(19)17(12(11)18)10-6-9-16(4)5/h11H,6-10H2,1-5H3/t11-,15-/m1/s1. The summed E-state index contributed by atoms with van der Waals surface area (Å²) < 4.78 is 0. The molecule has 0 spiro atoms. The second kappa shape index (κ2) is 4.58. The molecule has 2 amide bonds. The number of rotatable bonds is 4. The van der Waals surface area contributed by atoms with E-state index in [1.54, 1.807) is 0 Å². The quantitative estimate of drug-likeness (QED) is 0.728. The van der Waals surface area contributed by atoms with Gasteiger partial charge in [-0.25, -0.2) is 0 Å². The van der Waals surface area contributed by atoms with E-state index >= 15 is 0 Å². The van der Waals surface area contributed by atoms with E-state index in [0.717, 1.165) is 25.8 Å². The molecule has 1 aliphatic heterocycles. The van der Waals surface area contributed by atoms with E-state index in [0.29, 0.717) is 6.54 Å². The lowest BCUT2D eigenvalue weighted by Crippen LogP contribution is -2.59. The van der Waals surface area contributed by atoms with Crippen LogP contribution in [-0.2, 0) is 9.59 Å². The number of imide groups is 1. The summed E-state index contributed by atoms with van der Waals surface area (Å²) in [5, 5.41) is 0. The van der Waals surface area contributed by atoms with Crippen molar-refractivity contribution in [1.29, 1.82) is 0 Å². The van der Waals surface area contributed by atoms with Crippen LogP contribution in [0.5, 0.6) is 0 Å².